The quantitative estimate of drug-likeness (QED) is 0.115. The van der Waals surface area contributed by atoms with Gasteiger partial charge >= 0.3 is 6.09 Å². The minimum Gasteiger partial charge on any atom is -0.444 e. The van der Waals surface area contributed by atoms with Crippen molar-refractivity contribution in [2.75, 3.05) is 26.2 Å². The fourth-order valence-corrected chi connectivity index (χ4v) is 4.97. The third-order valence-electron chi connectivity index (χ3n) is 7.08. The van der Waals surface area contributed by atoms with Crippen LogP contribution in [0.5, 0.6) is 0 Å². The molecule has 10 heteroatoms. The zero-order valence-electron chi connectivity index (χ0n) is 25.3. The Balaban J connectivity index is 1.11. The first-order chi connectivity index (χ1) is 20.7. The Morgan fingerprint density at radius 1 is 0.791 bits per heavy atom. The number of hydrogen-bond donors (Lipinski definition) is 6. The van der Waals surface area contributed by atoms with Crippen LogP contribution in [0.3, 0.4) is 0 Å². The molecule has 2 aromatic carbocycles. The number of aryl methyl sites for hydroxylation is 1. The predicted molar refractivity (Wildman–Crippen MR) is 170 cm³/mol. The maximum Gasteiger partial charge on any atom is 0.408 e. The molecule has 0 saturated carbocycles. The number of carbonyl (C=O) groups excluding carboxylic acids is 3. The summed E-state index contributed by atoms with van der Waals surface area (Å²) in [6.07, 6.45) is 6.27. The molecular formula is C33H44N6O4. The van der Waals surface area contributed by atoms with Gasteiger partial charge in [-0.05, 0) is 76.4 Å². The summed E-state index contributed by atoms with van der Waals surface area (Å²) >= 11 is 0. The number of benzene rings is 2. The van der Waals surface area contributed by atoms with Gasteiger partial charge in [-0.1, -0.05) is 36.4 Å². The molecule has 0 radical (unpaired) electrons. The van der Waals surface area contributed by atoms with E-state index in [0.29, 0.717) is 32.4 Å². The monoisotopic (exact) mass is 588 g/mol. The number of hydrogen-bond acceptors (Lipinski definition) is 5. The SMILES string of the molecule is CC(C)(C)OC(=O)N[C@@H](Cc1c[nH]c2ccccc12)C(=O)NCCCNCCCNC(=O)CCc1c[nH]c2ccccc12. The fraction of sp³-hybridized carbons (Fsp3) is 0.424. The van der Waals surface area contributed by atoms with E-state index in [1.165, 1.54) is 5.39 Å². The van der Waals surface area contributed by atoms with E-state index in [1.807, 2.05) is 54.9 Å². The molecule has 43 heavy (non-hydrogen) atoms. The Kier molecular flexibility index (Phi) is 11.2. The molecular weight excluding hydrogens is 544 g/mol. The van der Waals surface area contributed by atoms with Crippen LogP contribution < -0.4 is 21.3 Å². The van der Waals surface area contributed by atoms with Crippen molar-refractivity contribution in [2.24, 2.45) is 0 Å². The number of para-hydroxylation sites is 2. The zero-order chi connectivity index (χ0) is 30.7. The van der Waals surface area contributed by atoms with Crippen LogP contribution in [0.2, 0.25) is 0 Å². The normalized spacial score (nSPS) is 12.3. The lowest BCUT2D eigenvalue weighted by molar-refractivity contribution is -0.123. The van der Waals surface area contributed by atoms with Crippen LogP contribution in [0.4, 0.5) is 4.79 Å². The molecule has 6 N–H and O–H groups in total. The highest BCUT2D eigenvalue weighted by Crippen LogP contribution is 2.20. The molecule has 0 aliphatic rings. The Bertz CT molecular complexity index is 1500. The molecule has 3 amide bonds. The van der Waals surface area contributed by atoms with Crippen molar-refractivity contribution in [3.05, 3.63) is 72.1 Å². The lowest BCUT2D eigenvalue weighted by Gasteiger charge is -2.23. The standard InChI is InChI=1S/C33H44N6O4/c1-33(2,3)43-32(42)39-29(20-24-22-38-28-13-7-5-11-26(24)28)31(41)36-19-9-17-34-16-8-18-35-30(40)15-14-23-21-37-27-12-6-4-10-25(23)27/h4-7,10-13,21-22,29,34,37-38H,8-9,14-20H2,1-3H3,(H,35,40)(H,36,41)(H,39,42)/t29-/m0/s1. The van der Waals surface area contributed by atoms with Crippen molar-refractivity contribution in [2.45, 2.75) is 64.5 Å². The highest BCUT2D eigenvalue weighted by Gasteiger charge is 2.25. The Labute approximate surface area is 252 Å². The number of H-pyrrole nitrogens is 2. The van der Waals surface area contributed by atoms with Crippen molar-refractivity contribution in [1.82, 2.24) is 31.2 Å². The minimum absolute atomic E-state index is 0.0511. The van der Waals surface area contributed by atoms with E-state index in [2.05, 4.69) is 37.3 Å². The van der Waals surface area contributed by atoms with Gasteiger partial charge in [-0.3, -0.25) is 9.59 Å². The Hall–Kier alpha value is -4.31. The van der Waals surface area contributed by atoms with E-state index in [0.717, 1.165) is 53.5 Å². The molecule has 10 nitrogen and oxygen atoms in total. The third-order valence-corrected chi connectivity index (χ3v) is 7.08. The van der Waals surface area contributed by atoms with Crippen molar-refractivity contribution in [3.63, 3.8) is 0 Å². The molecule has 0 aliphatic heterocycles. The van der Waals surface area contributed by atoms with Crippen LogP contribution in [0.25, 0.3) is 21.8 Å². The first-order valence-corrected chi connectivity index (χ1v) is 15.0. The van der Waals surface area contributed by atoms with Crippen molar-refractivity contribution >= 4 is 39.7 Å². The van der Waals surface area contributed by atoms with Crippen molar-refractivity contribution < 1.29 is 19.1 Å². The average molecular weight is 589 g/mol. The fourth-order valence-electron chi connectivity index (χ4n) is 4.97. The van der Waals surface area contributed by atoms with E-state index >= 15 is 0 Å². The maximum absolute atomic E-state index is 13.1. The smallest absolute Gasteiger partial charge is 0.408 e. The number of amides is 3. The van der Waals surface area contributed by atoms with Crippen LogP contribution in [0, 0.1) is 0 Å². The number of fused-ring (bicyclic) bond motifs is 2. The number of ether oxygens (including phenoxy) is 1. The molecule has 0 saturated heterocycles. The van der Waals surface area contributed by atoms with E-state index in [9.17, 15) is 14.4 Å². The zero-order valence-corrected chi connectivity index (χ0v) is 25.3. The van der Waals surface area contributed by atoms with Crippen LogP contribution in [0.1, 0.15) is 51.2 Å². The molecule has 0 bridgehead atoms. The van der Waals surface area contributed by atoms with Crippen LogP contribution in [-0.4, -0.2) is 65.7 Å². The van der Waals surface area contributed by atoms with Gasteiger partial charge in [-0.15, -0.1) is 0 Å². The number of nitrogens with one attached hydrogen (secondary N) is 6. The molecule has 0 fully saturated rings. The minimum atomic E-state index is -0.776. The second-order valence-corrected chi connectivity index (χ2v) is 11.7. The molecule has 1 atom stereocenters. The van der Waals surface area contributed by atoms with Gasteiger partial charge in [0.2, 0.25) is 11.8 Å². The summed E-state index contributed by atoms with van der Waals surface area (Å²) in [5.41, 5.74) is 3.50. The number of carbonyl (C=O) groups is 3. The summed E-state index contributed by atoms with van der Waals surface area (Å²) in [5, 5.41) is 14.2. The molecule has 0 spiro atoms. The highest BCUT2D eigenvalue weighted by molar-refractivity contribution is 5.88. The van der Waals surface area contributed by atoms with Gasteiger partial charge in [0.15, 0.2) is 0 Å². The number of aromatic amines is 2. The predicted octanol–water partition coefficient (Wildman–Crippen LogP) is 4.32. The second-order valence-electron chi connectivity index (χ2n) is 11.7. The lowest BCUT2D eigenvalue weighted by Crippen LogP contribution is -2.49. The van der Waals surface area contributed by atoms with E-state index < -0.39 is 17.7 Å². The molecule has 2 aromatic heterocycles. The summed E-state index contributed by atoms with van der Waals surface area (Å²) in [5.74, 6) is -0.207. The number of alkyl carbamates (subject to hydrolysis) is 1. The van der Waals surface area contributed by atoms with Gasteiger partial charge in [0.25, 0.3) is 0 Å². The van der Waals surface area contributed by atoms with Crippen LogP contribution in [-0.2, 0) is 27.2 Å². The average Bonchev–Trinajstić information content (AvgIpc) is 3.58. The van der Waals surface area contributed by atoms with E-state index in [1.54, 1.807) is 20.8 Å². The molecule has 2 heterocycles. The largest absolute Gasteiger partial charge is 0.444 e. The summed E-state index contributed by atoms with van der Waals surface area (Å²) < 4.78 is 5.40. The summed E-state index contributed by atoms with van der Waals surface area (Å²) in [6.45, 7) is 7.93. The summed E-state index contributed by atoms with van der Waals surface area (Å²) in [4.78, 5) is 44.3. The van der Waals surface area contributed by atoms with E-state index in [-0.39, 0.29) is 11.8 Å². The molecule has 4 rings (SSSR count). The highest BCUT2D eigenvalue weighted by atomic mass is 16.6. The van der Waals surface area contributed by atoms with Crippen molar-refractivity contribution in [3.8, 4) is 0 Å². The van der Waals surface area contributed by atoms with Gasteiger partial charge in [-0.2, -0.15) is 0 Å². The number of aromatic nitrogens is 2. The van der Waals surface area contributed by atoms with Gasteiger partial charge in [0.05, 0.1) is 0 Å². The topological polar surface area (TPSA) is 140 Å². The molecule has 4 aromatic rings. The van der Waals surface area contributed by atoms with Crippen LogP contribution in [0.15, 0.2) is 60.9 Å². The Morgan fingerprint density at radius 3 is 2.02 bits per heavy atom. The summed E-state index contributed by atoms with van der Waals surface area (Å²) in [7, 11) is 0. The molecule has 0 unspecified atom stereocenters. The van der Waals surface area contributed by atoms with Crippen LogP contribution >= 0.6 is 0 Å². The first-order valence-electron chi connectivity index (χ1n) is 15.0. The number of rotatable bonds is 15. The van der Waals surface area contributed by atoms with Crippen molar-refractivity contribution in [1.29, 1.82) is 0 Å². The van der Waals surface area contributed by atoms with Gasteiger partial charge in [0, 0.05) is 60.1 Å². The molecule has 230 valence electrons. The summed E-state index contributed by atoms with van der Waals surface area (Å²) in [6, 6.07) is 15.2. The van der Waals surface area contributed by atoms with Gasteiger partial charge in [-0.25, -0.2) is 4.79 Å². The first kappa shape index (κ1) is 31.6. The van der Waals surface area contributed by atoms with E-state index in [4.69, 9.17) is 4.74 Å². The maximum atomic E-state index is 13.1. The second kappa shape index (κ2) is 15.2. The lowest BCUT2D eigenvalue weighted by atomic mass is 10.0. The van der Waals surface area contributed by atoms with Gasteiger partial charge < -0.3 is 36.0 Å². The Morgan fingerprint density at radius 2 is 1.37 bits per heavy atom. The van der Waals surface area contributed by atoms with Gasteiger partial charge in [0.1, 0.15) is 11.6 Å². The molecule has 0 aliphatic carbocycles. The third kappa shape index (κ3) is 9.89.